The minimum atomic E-state index is -0.830. The third-order valence-electron chi connectivity index (χ3n) is 2.55. The summed E-state index contributed by atoms with van der Waals surface area (Å²) in [4.78, 5) is 23.4. The number of carbonyl (C=O) groups excluding carboxylic acids is 2. The van der Waals surface area contributed by atoms with Crippen molar-refractivity contribution in [2.24, 2.45) is 0 Å². The van der Waals surface area contributed by atoms with Crippen LogP contribution >= 0.6 is 0 Å². The summed E-state index contributed by atoms with van der Waals surface area (Å²) in [7, 11) is 0. The lowest BCUT2D eigenvalue weighted by molar-refractivity contribution is 0.0968. The van der Waals surface area contributed by atoms with Crippen molar-refractivity contribution >= 4 is 23.3 Å². The fourth-order valence-corrected chi connectivity index (χ4v) is 1.59. The van der Waals surface area contributed by atoms with Crippen LogP contribution in [0.15, 0.2) is 48.5 Å². The second kappa shape index (κ2) is 5.83. The van der Waals surface area contributed by atoms with Gasteiger partial charge in [-0.25, -0.2) is 9.18 Å². The zero-order chi connectivity index (χ0) is 14.5. The minimum Gasteiger partial charge on any atom is -0.398 e. The first-order valence-electron chi connectivity index (χ1n) is 5.79. The maximum atomic E-state index is 13.3. The van der Waals surface area contributed by atoms with Gasteiger partial charge in [0.25, 0.3) is 5.91 Å². The summed E-state index contributed by atoms with van der Waals surface area (Å²) in [6.45, 7) is 0. The van der Waals surface area contributed by atoms with Crippen LogP contribution in [0.3, 0.4) is 0 Å². The summed E-state index contributed by atoms with van der Waals surface area (Å²) in [5.41, 5.74) is 6.04. The standard InChI is InChI=1S/C14H12FN3O2/c15-10-6-2-4-8-12(10)17-14(20)18-13(19)9-5-1-3-7-11(9)16/h1-8H,16H2,(H2,17,18,19,20). The van der Waals surface area contributed by atoms with Crippen molar-refractivity contribution in [3.63, 3.8) is 0 Å². The van der Waals surface area contributed by atoms with E-state index in [0.717, 1.165) is 0 Å². The first-order valence-corrected chi connectivity index (χ1v) is 5.79. The SMILES string of the molecule is Nc1ccccc1C(=O)NC(=O)Nc1ccccc1F. The molecule has 0 spiro atoms. The van der Waals surface area contributed by atoms with E-state index in [1.165, 1.54) is 24.3 Å². The highest BCUT2D eigenvalue weighted by Gasteiger charge is 2.13. The first-order chi connectivity index (χ1) is 9.58. The molecule has 0 aliphatic heterocycles. The topological polar surface area (TPSA) is 84.2 Å². The average Bonchev–Trinajstić information content (AvgIpc) is 2.41. The summed E-state index contributed by atoms with van der Waals surface area (Å²) in [6.07, 6.45) is 0. The number of imide groups is 1. The molecule has 6 heteroatoms. The van der Waals surface area contributed by atoms with Crippen LogP contribution in [0.1, 0.15) is 10.4 Å². The number of hydrogen-bond acceptors (Lipinski definition) is 3. The van der Waals surface area contributed by atoms with Gasteiger partial charge in [-0.15, -0.1) is 0 Å². The quantitative estimate of drug-likeness (QED) is 0.734. The monoisotopic (exact) mass is 273 g/mol. The van der Waals surface area contributed by atoms with E-state index in [-0.39, 0.29) is 16.9 Å². The number of urea groups is 1. The molecule has 102 valence electrons. The largest absolute Gasteiger partial charge is 0.398 e. The Morgan fingerprint density at radius 2 is 1.65 bits per heavy atom. The Labute approximate surface area is 114 Å². The Morgan fingerprint density at radius 1 is 1.00 bits per heavy atom. The van der Waals surface area contributed by atoms with Crippen LogP contribution in [0.2, 0.25) is 0 Å². The lowest BCUT2D eigenvalue weighted by Gasteiger charge is -2.08. The Bertz CT molecular complexity index is 658. The average molecular weight is 273 g/mol. The summed E-state index contributed by atoms with van der Waals surface area (Å²) >= 11 is 0. The summed E-state index contributed by atoms with van der Waals surface area (Å²) < 4.78 is 13.3. The van der Waals surface area contributed by atoms with Crippen molar-refractivity contribution in [2.45, 2.75) is 0 Å². The third-order valence-corrected chi connectivity index (χ3v) is 2.55. The fourth-order valence-electron chi connectivity index (χ4n) is 1.59. The Kier molecular flexibility index (Phi) is 3.95. The summed E-state index contributed by atoms with van der Waals surface area (Å²) in [5, 5.41) is 4.32. The molecule has 20 heavy (non-hydrogen) atoms. The van der Waals surface area contributed by atoms with Gasteiger partial charge in [0.2, 0.25) is 0 Å². The number of hydrogen-bond donors (Lipinski definition) is 3. The molecule has 0 aliphatic carbocycles. The van der Waals surface area contributed by atoms with Gasteiger partial charge in [0, 0.05) is 5.69 Å². The summed E-state index contributed by atoms with van der Waals surface area (Å²) in [6, 6.07) is 11.1. The molecule has 0 saturated carbocycles. The molecular formula is C14H12FN3O2. The number of amides is 3. The lowest BCUT2D eigenvalue weighted by atomic mass is 10.2. The van der Waals surface area contributed by atoms with Gasteiger partial charge in [-0.05, 0) is 24.3 Å². The fraction of sp³-hybridized carbons (Fsp3) is 0. The second-order valence-electron chi connectivity index (χ2n) is 3.98. The van der Waals surface area contributed by atoms with Crippen LogP contribution in [-0.4, -0.2) is 11.9 Å². The number of rotatable bonds is 2. The zero-order valence-corrected chi connectivity index (χ0v) is 10.4. The van der Waals surface area contributed by atoms with Gasteiger partial charge in [-0.1, -0.05) is 24.3 Å². The molecule has 0 radical (unpaired) electrons. The molecule has 3 amide bonds. The molecule has 2 aromatic rings. The molecule has 0 heterocycles. The van der Waals surface area contributed by atoms with E-state index in [4.69, 9.17) is 5.73 Å². The smallest absolute Gasteiger partial charge is 0.326 e. The molecule has 2 aromatic carbocycles. The van der Waals surface area contributed by atoms with Gasteiger partial charge in [0.1, 0.15) is 5.82 Å². The molecule has 0 unspecified atom stereocenters. The van der Waals surface area contributed by atoms with E-state index in [9.17, 15) is 14.0 Å². The number of nitrogens with one attached hydrogen (secondary N) is 2. The van der Waals surface area contributed by atoms with Gasteiger partial charge < -0.3 is 11.1 Å². The summed E-state index contributed by atoms with van der Waals surface area (Å²) in [5.74, 6) is -1.24. The molecule has 0 saturated heterocycles. The molecule has 5 nitrogen and oxygen atoms in total. The van der Waals surface area contributed by atoms with Crippen LogP contribution in [-0.2, 0) is 0 Å². The van der Waals surface area contributed by atoms with Gasteiger partial charge in [-0.3, -0.25) is 10.1 Å². The predicted molar refractivity (Wildman–Crippen MR) is 73.7 cm³/mol. The maximum Gasteiger partial charge on any atom is 0.326 e. The maximum absolute atomic E-state index is 13.3. The number of carbonyl (C=O) groups is 2. The molecule has 4 N–H and O–H groups in total. The van der Waals surface area contributed by atoms with E-state index in [2.05, 4.69) is 10.6 Å². The van der Waals surface area contributed by atoms with Gasteiger partial charge in [-0.2, -0.15) is 0 Å². The highest BCUT2D eigenvalue weighted by molar-refractivity contribution is 6.10. The number of anilines is 2. The van der Waals surface area contributed by atoms with Crippen molar-refractivity contribution in [3.05, 3.63) is 59.9 Å². The van der Waals surface area contributed by atoms with Crippen LogP contribution in [0.4, 0.5) is 20.6 Å². The first kappa shape index (κ1) is 13.5. The molecule has 0 atom stereocenters. The molecule has 0 aromatic heterocycles. The number of benzene rings is 2. The van der Waals surface area contributed by atoms with Crippen molar-refractivity contribution in [3.8, 4) is 0 Å². The van der Waals surface area contributed by atoms with Gasteiger partial charge in [0.15, 0.2) is 0 Å². The highest BCUT2D eigenvalue weighted by Crippen LogP contribution is 2.13. The molecule has 0 bridgehead atoms. The second-order valence-corrected chi connectivity index (χ2v) is 3.98. The predicted octanol–water partition coefficient (Wildman–Crippen LogP) is 2.37. The van der Waals surface area contributed by atoms with Crippen molar-refractivity contribution in [1.29, 1.82) is 0 Å². The number of nitrogen functional groups attached to an aromatic ring is 1. The van der Waals surface area contributed by atoms with Crippen LogP contribution in [0.25, 0.3) is 0 Å². The molecular weight excluding hydrogens is 261 g/mol. The van der Waals surface area contributed by atoms with E-state index in [0.29, 0.717) is 0 Å². The Balaban J connectivity index is 2.04. The third kappa shape index (κ3) is 3.11. The van der Waals surface area contributed by atoms with E-state index < -0.39 is 17.8 Å². The van der Waals surface area contributed by atoms with Crippen molar-refractivity contribution in [1.82, 2.24) is 5.32 Å². The normalized spacial score (nSPS) is 9.85. The van der Waals surface area contributed by atoms with Gasteiger partial charge in [0.05, 0.1) is 11.3 Å². The number of nitrogens with two attached hydrogens (primary N) is 1. The van der Waals surface area contributed by atoms with Crippen molar-refractivity contribution in [2.75, 3.05) is 11.1 Å². The number of para-hydroxylation sites is 2. The number of halogens is 1. The van der Waals surface area contributed by atoms with E-state index in [1.54, 1.807) is 24.3 Å². The molecule has 0 fully saturated rings. The van der Waals surface area contributed by atoms with E-state index >= 15 is 0 Å². The highest BCUT2D eigenvalue weighted by atomic mass is 19.1. The zero-order valence-electron chi connectivity index (χ0n) is 10.4. The van der Waals surface area contributed by atoms with Crippen LogP contribution < -0.4 is 16.4 Å². The van der Waals surface area contributed by atoms with Crippen molar-refractivity contribution < 1.29 is 14.0 Å². The van der Waals surface area contributed by atoms with Gasteiger partial charge >= 0.3 is 6.03 Å². The Hall–Kier alpha value is -2.89. The molecule has 2 rings (SSSR count). The van der Waals surface area contributed by atoms with Crippen LogP contribution in [0, 0.1) is 5.82 Å². The minimum absolute atomic E-state index is 0.0150. The lowest BCUT2D eigenvalue weighted by Crippen LogP contribution is -2.34. The van der Waals surface area contributed by atoms with E-state index in [1.807, 2.05) is 0 Å². The Morgan fingerprint density at radius 3 is 2.35 bits per heavy atom. The molecule has 0 aliphatic rings. The van der Waals surface area contributed by atoms with Crippen LogP contribution in [0.5, 0.6) is 0 Å².